The maximum absolute atomic E-state index is 10.2. The molecule has 0 bridgehead atoms. The summed E-state index contributed by atoms with van der Waals surface area (Å²) in [5.74, 6) is 1.45. The largest absolute Gasteiger partial charge is 0.491 e. The number of hydrogen-bond acceptors (Lipinski definition) is 3. The highest BCUT2D eigenvalue weighted by Crippen LogP contribution is 2.17. The van der Waals surface area contributed by atoms with Gasteiger partial charge in [0, 0.05) is 7.11 Å². The van der Waals surface area contributed by atoms with Crippen LogP contribution in [-0.4, -0.2) is 33.5 Å². The van der Waals surface area contributed by atoms with Crippen LogP contribution < -0.4 is 9.47 Å². The van der Waals surface area contributed by atoms with E-state index >= 15 is 0 Å². The van der Waals surface area contributed by atoms with E-state index in [1.54, 1.807) is 31.4 Å². The first-order valence-electron chi connectivity index (χ1n) is 4.79. The average Bonchev–Trinajstić information content (AvgIpc) is 2.28. The Kier molecular flexibility index (Phi) is 5.58. The van der Waals surface area contributed by atoms with Gasteiger partial charge in [0.2, 0.25) is 0 Å². The summed E-state index contributed by atoms with van der Waals surface area (Å²) in [7, 11) is 1.63. The highest BCUT2D eigenvalue weighted by atomic mass is 16.5. The second kappa shape index (κ2) is 7.09. The Hall–Kier alpha value is -1.26. The van der Waals surface area contributed by atoms with Crippen molar-refractivity contribution < 1.29 is 19.3 Å². The first-order chi connectivity index (χ1) is 7.36. The molecule has 0 aliphatic rings. The molecule has 15 heavy (non-hydrogen) atoms. The fourth-order valence-electron chi connectivity index (χ4n) is 1.03. The van der Waals surface area contributed by atoms with E-state index in [-0.39, 0.29) is 13.2 Å². The van der Waals surface area contributed by atoms with E-state index in [2.05, 4.69) is 0 Å². The van der Waals surface area contributed by atoms with Crippen LogP contribution in [-0.2, 0) is 9.84 Å². The van der Waals surface area contributed by atoms with Crippen LogP contribution in [0.1, 0.15) is 0 Å². The zero-order valence-corrected chi connectivity index (χ0v) is 8.77. The van der Waals surface area contributed by atoms with Gasteiger partial charge in [0.05, 0.1) is 6.61 Å². The Labute approximate surface area is 89.4 Å². The van der Waals surface area contributed by atoms with Crippen LogP contribution in [0.4, 0.5) is 0 Å². The minimum atomic E-state index is -0.230. The molecule has 0 atom stereocenters. The van der Waals surface area contributed by atoms with Crippen LogP contribution in [0.2, 0.25) is 0 Å². The zero-order chi connectivity index (χ0) is 10.9. The monoisotopic (exact) mass is 211 g/mol. The minimum absolute atomic E-state index is 0.198. The summed E-state index contributed by atoms with van der Waals surface area (Å²) in [6.45, 7) is 1.06. The average molecular weight is 211 g/mol. The van der Waals surface area contributed by atoms with Gasteiger partial charge in [-0.2, -0.15) is 0 Å². The summed E-state index contributed by atoms with van der Waals surface area (Å²) in [6, 6.07) is 7.15. The van der Waals surface area contributed by atoms with E-state index in [0.29, 0.717) is 19.0 Å². The molecule has 4 nitrogen and oxygen atoms in total. The first-order valence-corrected chi connectivity index (χ1v) is 4.79. The van der Waals surface area contributed by atoms with Crippen LogP contribution in [0.25, 0.3) is 0 Å². The quantitative estimate of drug-likeness (QED) is 0.642. The Bertz CT molecular complexity index is 258. The smallest absolute Gasteiger partial charge is 0.119 e. The Morgan fingerprint density at radius 2 is 1.47 bits per heavy atom. The van der Waals surface area contributed by atoms with Gasteiger partial charge in [-0.3, -0.25) is 0 Å². The van der Waals surface area contributed by atoms with E-state index in [0.717, 1.165) is 5.75 Å². The lowest BCUT2D eigenvalue weighted by molar-refractivity contribution is 0.138. The molecule has 1 aromatic carbocycles. The Morgan fingerprint density at radius 1 is 0.933 bits per heavy atom. The lowest BCUT2D eigenvalue weighted by Crippen LogP contribution is -2.04. The highest BCUT2D eigenvalue weighted by molar-refractivity contribution is 5.31. The van der Waals surface area contributed by atoms with Crippen molar-refractivity contribution in [2.45, 2.75) is 0 Å². The Balaban J connectivity index is 2.35. The molecular formula is C11H15O4. The third kappa shape index (κ3) is 4.67. The fraction of sp³-hybridized carbons (Fsp3) is 0.455. The maximum Gasteiger partial charge on any atom is 0.119 e. The van der Waals surface area contributed by atoms with E-state index in [1.807, 2.05) is 0 Å². The number of rotatable bonds is 7. The lowest BCUT2D eigenvalue weighted by atomic mass is 10.3. The summed E-state index contributed by atoms with van der Waals surface area (Å²) in [4.78, 5) is 0. The van der Waals surface area contributed by atoms with Crippen molar-refractivity contribution in [2.24, 2.45) is 0 Å². The molecule has 0 saturated heterocycles. The minimum Gasteiger partial charge on any atom is -0.491 e. The van der Waals surface area contributed by atoms with Crippen molar-refractivity contribution in [1.29, 1.82) is 0 Å². The van der Waals surface area contributed by atoms with Crippen LogP contribution in [0.15, 0.2) is 24.3 Å². The number of benzene rings is 1. The van der Waals surface area contributed by atoms with Crippen molar-refractivity contribution in [1.82, 2.24) is 0 Å². The van der Waals surface area contributed by atoms with Gasteiger partial charge in [-0.15, -0.1) is 0 Å². The summed E-state index contributed by atoms with van der Waals surface area (Å²) in [6.07, 6.45) is 0. The lowest BCUT2D eigenvalue weighted by Gasteiger charge is -2.07. The van der Waals surface area contributed by atoms with Gasteiger partial charge in [-0.05, 0) is 24.3 Å². The molecule has 0 amide bonds. The predicted octanol–water partition coefficient (Wildman–Crippen LogP) is 1.52. The topological polar surface area (TPSA) is 47.6 Å². The van der Waals surface area contributed by atoms with E-state index in [1.165, 1.54) is 0 Å². The second-order valence-corrected chi connectivity index (χ2v) is 2.87. The normalized spacial score (nSPS) is 10.0. The molecule has 1 rings (SSSR count). The van der Waals surface area contributed by atoms with Gasteiger partial charge in [-0.25, -0.2) is 5.11 Å². The molecule has 0 N–H and O–H groups in total. The second-order valence-electron chi connectivity index (χ2n) is 2.87. The molecule has 0 spiro atoms. The summed E-state index contributed by atoms with van der Waals surface area (Å²) < 4.78 is 15.4. The van der Waals surface area contributed by atoms with Gasteiger partial charge in [0.15, 0.2) is 0 Å². The maximum atomic E-state index is 10.2. The third-order valence-electron chi connectivity index (χ3n) is 1.73. The van der Waals surface area contributed by atoms with E-state index < -0.39 is 0 Å². The third-order valence-corrected chi connectivity index (χ3v) is 1.73. The van der Waals surface area contributed by atoms with Crippen LogP contribution in [0, 0.1) is 0 Å². The number of methoxy groups -OCH3 is 1. The van der Waals surface area contributed by atoms with Gasteiger partial charge in [0.1, 0.15) is 31.3 Å². The van der Waals surface area contributed by atoms with Crippen LogP contribution >= 0.6 is 0 Å². The molecule has 0 heterocycles. The molecule has 83 valence electrons. The summed E-state index contributed by atoms with van der Waals surface area (Å²) in [5, 5.41) is 10.2. The molecule has 1 aromatic rings. The summed E-state index contributed by atoms with van der Waals surface area (Å²) in [5.41, 5.74) is 0. The molecule has 0 unspecified atom stereocenters. The standard InChI is InChI=1S/C11H15O4/c1-13-8-9-15-11-4-2-10(3-5-11)14-7-6-12/h2-5H,6-9H2,1H3. The van der Waals surface area contributed by atoms with Gasteiger partial charge in [-0.1, -0.05) is 0 Å². The van der Waals surface area contributed by atoms with Crippen LogP contribution in [0.5, 0.6) is 11.5 Å². The van der Waals surface area contributed by atoms with E-state index in [4.69, 9.17) is 14.2 Å². The fourth-order valence-corrected chi connectivity index (χ4v) is 1.03. The Morgan fingerprint density at radius 3 is 1.93 bits per heavy atom. The van der Waals surface area contributed by atoms with Crippen molar-refractivity contribution in [3.8, 4) is 11.5 Å². The predicted molar refractivity (Wildman–Crippen MR) is 54.9 cm³/mol. The molecule has 0 aromatic heterocycles. The van der Waals surface area contributed by atoms with E-state index in [9.17, 15) is 5.11 Å². The first kappa shape index (κ1) is 11.8. The summed E-state index contributed by atoms with van der Waals surface area (Å²) >= 11 is 0. The van der Waals surface area contributed by atoms with Gasteiger partial charge in [0.25, 0.3) is 0 Å². The van der Waals surface area contributed by atoms with Crippen molar-refractivity contribution >= 4 is 0 Å². The molecule has 1 radical (unpaired) electrons. The zero-order valence-electron chi connectivity index (χ0n) is 8.77. The molecule has 4 heteroatoms. The number of hydrogen-bond donors (Lipinski definition) is 0. The molecule has 0 fully saturated rings. The van der Waals surface area contributed by atoms with Gasteiger partial charge < -0.3 is 14.2 Å². The van der Waals surface area contributed by atoms with Crippen molar-refractivity contribution in [3.63, 3.8) is 0 Å². The molecular weight excluding hydrogens is 196 g/mol. The van der Waals surface area contributed by atoms with Crippen LogP contribution in [0.3, 0.4) is 0 Å². The number of ether oxygens (including phenoxy) is 3. The molecule has 0 aliphatic heterocycles. The van der Waals surface area contributed by atoms with Gasteiger partial charge >= 0.3 is 0 Å². The van der Waals surface area contributed by atoms with Crippen molar-refractivity contribution in [3.05, 3.63) is 24.3 Å². The SMILES string of the molecule is COCCOc1ccc(OCC[O])cc1. The molecule has 0 saturated carbocycles. The van der Waals surface area contributed by atoms with Crippen molar-refractivity contribution in [2.75, 3.05) is 33.5 Å². The highest BCUT2D eigenvalue weighted by Gasteiger charge is 1.95. The molecule has 0 aliphatic carbocycles.